The lowest BCUT2D eigenvalue weighted by molar-refractivity contribution is 0.187. The Morgan fingerprint density at radius 3 is 2.76 bits per heavy atom. The number of likely N-dealkylation sites (tertiary alicyclic amines) is 1. The van der Waals surface area contributed by atoms with Gasteiger partial charge in [0.25, 0.3) is 5.56 Å². The van der Waals surface area contributed by atoms with Gasteiger partial charge in [0.05, 0.1) is 6.61 Å². The highest BCUT2D eigenvalue weighted by Crippen LogP contribution is 2.24. The molecule has 2 aliphatic heterocycles. The van der Waals surface area contributed by atoms with Crippen LogP contribution in [-0.2, 0) is 24.1 Å². The molecule has 0 bridgehead atoms. The van der Waals surface area contributed by atoms with Crippen molar-refractivity contribution < 1.29 is 4.74 Å². The maximum absolute atomic E-state index is 12.5. The van der Waals surface area contributed by atoms with Crippen LogP contribution in [0.5, 0.6) is 0 Å². The number of hydrogen-bond acceptors (Lipinski definition) is 4. The first-order chi connectivity index (χ1) is 12.2. The second-order valence-electron chi connectivity index (χ2n) is 8.17. The van der Waals surface area contributed by atoms with Gasteiger partial charge in [-0.15, -0.1) is 0 Å². The van der Waals surface area contributed by atoms with E-state index in [1.165, 1.54) is 24.1 Å². The van der Waals surface area contributed by atoms with Gasteiger partial charge in [-0.1, -0.05) is 6.07 Å². The number of fused-ring (bicyclic) bond motifs is 1. The van der Waals surface area contributed by atoms with E-state index in [2.05, 4.69) is 27.9 Å². The molecule has 2 fully saturated rings. The molecule has 0 spiro atoms. The van der Waals surface area contributed by atoms with E-state index in [1.807, 2.05) is 0 Å². The molecule has 138 valence electrons. The zero-order valence-corrected chi connectivity index (χ0v) is 15.4. The quantitative estimate of drug-likeness (QED) is 0.897. The van der Waals surface area contributed by atoms with Crippen LogP contribution >= 0.6 is 0 Å². The van der Waals surface area contributed by atoms with Crippen molar-refractivity contribution in [1.29, 1.82) is 0 Å². The van der Waals surface area contributed by atoms with Gasteiger partial charge in [-0.05, 0) is 70.1 Å². The number of ether oxygens (including phenoxy) is 1. The molecule has 4 rings (SSSR count). The summed E-state index contributed by atoms with van der Waals surface area (Å²) in [5.74, 6) is 0.645. The zero-order chi connectivity index (χ0) is 17.2. The van der Waals surface area contributed by atoms with Crippen LogP contribution in [0.2, 0.25) is 0 Å². The van der Waals surface area contributed by atoms with E-state index in [0.717, 1.165) is 58.5 Å². The summed E-state index contributed by atoms with van der Waals surface area (Å²) in [5, 5.41) is 3.76. The van der Waals surface area contributed by atoms with Crippen LogP contribution in [0.3, 0.4) is 0 Å². The van der Waals surface area contributed by atoms with Crippen LogP contribution in [0.25, 0.3) is 0 Å². The van der Waals surface area contributed by atoms with Gasteiger partial charge in [-0.3, -0.25) is 4.79 Å². The largest absolute Gasteiger partial charge is 0.380 e. The molecule has 0 saturated carbocycles. The van der Waals surface area contributed by atoms with Crippen LogP contribution < -0.4 is 10.9 Å². The Bertz CT molecular complexity index is 643. The fraction of sp³-hybridized carbons (Fsp3) is 0.750. The smallest absolute Gasteiger partial charge is 0.250 e. The molecule has 3 heterocycles. The van der Waals surface area contributed by atoms with Crippen molar-refractivity contribution >= 4 is 0 Å². The van der Waals surface area contributed by atoms with Crippen molar-refractivity contribution in [2.75, 3.05) is 33.4 Å². The molecule has 3 aliphatic rings. The standard InChI is InChI=1S/C20H31N3O2/c1-22-9-6-15(7-10-22)13-23-19-4-3-17(21-18-8-11-25-14-18)12-16(19)2-5-20(23)24/h2,5,15,17-18,21H,3-4,6-14H2,1H3/t17-,18+/m0/s1. The van der Waals surface area contributed by atoms with Crippen LogP contribution in [0, 0.1) is 5.92 Å². The average molecular weight is 345 g/mol. The summed E-state index contributed by atoms with van der Waals surface area (Å²) in [5.41, 5.74) is 2.86. The van der Waals surface area contributed by atoms with Gasteiger partial charge < -0.3 is 19.5 Å². The number of rotatable bonds is 4. The van der Waals surface area contributed by atoms with Crippen LogP contribution in [0.4, 0.5) is 0 Å². The third-order valence-electron chi connectivity index (χ3n) is 6.27. The number of piperidine rings is 1. The van der Waals surface area contributed by atoms with E-state index in [-0.39, 0.29) is 5.56 Å². The highest BCUT2D eigenvalue weighted by atomic mass is 16.5. The van der Waals surface area contributed by atoms with Gasteiger partial charge in [-0.25, -0.2) is 0 Å². The van der Waals surface area contributed by atoms with Crippen molar-refractivity contribution in [3.63, 3.8) is 0 Å². The van der Waals surface area contributed by atoms with E-state index in [0.29, 0.717) is 18.0 Å². The molecule has 1 aromatic rings. The first-order valence-electron chi connectivity index (χ1n) is 9.93. The summed E-state index contributed by atoms with van der Waals surface area (Å²) in [6.45, 7) is 4.95. The number of hydrogen-bond donors (Lipinski definition) is 1. The molecule has 0 unspecified atom stereocenters. The molecule has 2 saturated heterocycles. The number of aromatic nitrogens is 1. The topological polar surface area (TPSA) is 46.5 Å². The van der Waals surface area contributed by atoms with Gasteiger partial charge >= 0.3 is 0 Å². The highest BCUT2D eigenvalue weighted by Gasteiger charge is 2.26. The van der Waals surface area contributed by atoms with Gasteiger partial charge in [-0.2, -0.15) is 0 Å². The number of nitrogens with zero attached hydrogens (tertiary/aromatic N) is 2. The lowest BCUT2D eigenvalue weighted by Gasteiger charge is -2.32. The van der Waals surface area contributed by atoms with Crippen molar-refractivity contribution in [2.45, 2.75) is 57.2 Å². The van der Waals surface area contributed by atoms with Crippen LogP contribution in [0.1, 0.15) is 36.9 Å². The predicted octanol–water partition coefficient (Wildman–Crippen LogP) is 1.43. The van der Waals surface area contributed by atoms with Crippen LogP contribution in [-0.4, -0.2) is 54.9 Å². The van der Waals surface area contributed by atoms with E-state index < -0.39 is 0 Å². The third-order valence-corrected chi connectivity index (χ3v) is 6.27. The molecule has 5 heteroatoms. The zero-order valence-electron chi connectivity index (χ0n) is 15.4. The molecule has 1 aromatic heterocycles. The normalized spacial score (nSPS) is 28.2. The molecular weight excluding hydrogens is 314 g/mol. The second kappa shape index (κ2) is 7.60. The number of pyridine rings is 1. The summed E-state index contributed by atoms with van der Waals surface area (Å²) in [7, 11) is 2.19. The first-order valence-corrected chi connectivity index (χ1v) is 9.93. The molecule has 5 nitrogen and oxygen atoms in total. The molecule has 0 radical (unpaired) electrons. The Morgan fingerprint density at radius 2 is 2.00 bits per heavy atom. The second-order valence-corrected chi connectivity index (χ2v) is 8.17. The summed E-state index contributed by atoms with van der Waals surface area (Å²) in [6.07, 6.45) is 6.72. The molecular formula is C20H31N3O2. The third kappa shape index (κ3) is 3.99. The Morgan fingerprint density at radius 1 is 1.16 bits per heavy atom. The summed E-state index contributed by atoms with van der Waals surface area (Å²) >= 11 is 0. The Hall–Kier alpha value is -1.17. The SMILES string of the molecule is CN1CCC(Cn2c3c(ccc2=O)C[C@@H](N[C@@H]2CCOC2)CC3)CC1. The van der Waals surface area contributed by atoms with Gasteiger partial charge in [0, 0.05) is 37.0 Å². The number of nitrogens with one attached hydrogen (secondary N) is 1. The monoisotopic (exact) mass is 345 g/mol. The summed E-state index contributed by atoms with van der Waals surface area (Å²) < 4.78 is 7.58. The van der Waals surface area contributed by atoms with Gasteiger partial charge in [0.2, 0.25) is 0 Å². The molecule has 1 aliphatic carbocycles. The summed E-state index contributed by atoms with van der Waals surface area (Å²) in [4.78, 5) is 14.9. The lowest BCUT2D eigenvalue weighted by Crippen LogP contribution is -2.43. The van der Waals surface area contributed by atoms with Crippen molar-refractivity contribution in [3.8, 4) is 0 Å². The van der Waals surface area contributed by atoms with E-state index in [9.17, 15) is 4.79 Å². The predicted molar refractivity (Wildman–Crippen MR) is 99.1 cm³/mol. The van der Waals surface area contributed by atoms with E-state index in [4.69, 9.17) is 4.74 Å². The Kier molecular flexibility index (Phi) is 5.25. The van der Waals surface area contributed by atoms with Gasteiger partial charge in [0.1, 0.15) is 0 Å². The van der Waals surface area contributed by atoms with Crippen molar-refractivity contribution in [1.82, 2.24) is 14.8 Å². The van der Waals surface area contributed by atoms with Crippen molar-refractivity contribution in [3.05, 3.63) is 33.7 Å². The molecule has 1 N–H and O–H groups in total. The fourth-order valence-corrected chi connectivity index (χ4v) is 4.67. The average Bonchev–Trinajstić information content (AvgIpc) is 3.12. The first kappa shape index (κ1) is 17.3. The van der Waals surface area contributed by atoms with E-state index in [1.54, 1.807) is 6.07 Å². The molecule has 0 aromatic carbocycles. The minimum absolute atomic E-state index is 0.188. The van der Waals surface area contributed by atoms with Crippen molar-refractivity contribution in [2.24, 2.45) is 5.92 Å². The highest BCUT2D eigenvalue weighted by molar-refractivity contribution is 5.25. The summed E-state index contributed by atoms with van der Waals surface area (Å²) in [6, 6.07) is 4.89. The maximum atomic E-state index is 12.5. The molecule has 25 heavy (non-hydrogen) atoms. The minimum Gasteiger partial charge on any atom is -0.380 e. The Labute approximate surface area is 150 Å². The van der Waals surface area contributed by atoms with Gasteiger partial charge in [0.15, 0.2) is 0 Å². The molecule has 0 amide bonds. The fourth-order valence-electron chi connectivity index (χ4n) is 4.67. The molecule has 2 atom stereocenters. The van der Waals surface area contributed by atoms with Crippen LogP contribution in [0.15, 0.2) is 16.9 Å². The minimum atomic E-state index is 0.188. The maximum Gasteiger partial charge on any atom is 0.250 e. The lowest BCUT2D eigenvalue weighted by atomic mass is 9.90. The van der Waals surface area contributed by atoms with E-state index >= 15 is 0 Å². The Balaban J connectivity index is 1.46.